The first-order valence-electron chi connectivity index (χ1n) is 5.25. The lowest BCUT2D eigenvalue weighted by molar-refractivity contribution is -0.368. The zero-order valence-corrected chi connectivity index (χ0v) is 9.34. The van der Waals surface area contributed by atoms with Crippen molar-refractivity contribution < 1.29 is 14.6 Å². The van der Waals surface area contributed by atoms with Crippen LogP contribution in [-0.2, 0) is 4.42 Å². The smallest absolute Gasteiger partial charge is 0.358 e. The van der Waals surface area contributed by atoms with Gasteiger partial charge in [-0.2, -0.15) is 0 Å². The molecule has 0 spiro atoms. The van der Waals surface area contributed by atoms with Gasteiger partial charge in [0.15, 0.2) is 0 Å². The van der Waals surface area contributed by atoms with E-state index in [9.17, 15) is 10.2 Å². The van der Waals surface area contributed by atoms with E-state index in [4.69, 9.17) is 4.42 Å². The molecule has 0 fully saturated rings. The summed E-state index contributed by atoms with van der Waals surface area (Å²) in [5.74, 6) is 1.40. The molecule has 2 N–H and O–H groups in total. The molecule has 16 heavy (non-hydrogen) atoms. The molecule has 0 amide bonds. The van der Waals surface area contributed by atoms with Crippen molar-refractivity contribution in [3.05, 3.63) is 41.5 Å². The van der Waals surface area contributed by atoms with Crippen molar-refractivity contribution in [1.82, 2.24) is 0 Å². The van der Waals surface area contributed by atoms with E-state index < -0.39 is 12.2 Å². The average molecular weight is 219 g/mol. The Morgan fingerprint density at radius 3 is 2.50 bits per heavy atom. The Balaban J connectivity index is 2.59. The molecule has 3 nitrogen and oxygen atoms in total. The van der Waals surface area contributed by atoms with E-state index in [0.717, 1.165) is 5.78 Å². The van der Waals surface area contributed by atoms with E-state index in [1.54, 1.807) is 24.3 Å². The second-order valence-corrected chi connectivity index (χ2v) is 4.04. The molecule has 3 heteroatoms. The third kappa shape index (κ3) is 1.92. The van der Waals surface area contributed by atoms with Crippen LogP contribution in [0.2, 0.25) is 0 Å². The monoisotopic (exact) mass is 219 g/mol. The van der Waals surface area contributed by atoms with E-state index in [-0.39, 0.29) is 0 Å². The van der Waals surface area contributed by atoms with Gasteiger partial charge >= 0.3 is 11.5 Å². The first-order chi connectivity index (χ1) is 7.59. The van der Waals surface area contributed by atoms with Crippen LogP contribution >= 0.6 is 0 Å². The summed E-state index contributed by atoms with van der Waals surface area (Å²) in [7, 11) is 0. The van der Waals surface area contributed by atoms with Gasteiger partial charge in [0.05, 0.1) is 11.7 Å². The van der Waals surface area contributed by atoms with Gasteiger partial charge < -0.3 is 10.2 Å². The van der Waals surface area contributed by atoms with Crippen molar-refractivity contribution in [3.63, 3.8) is 0 Å². The van der Waals surface area contributed by atoms with Crippen LogP contribution in [0.25, 0.3) is 0 Å². The Labute approximate surface area is 94.4 Å². The molecule has 0 saturated heterocycles. The van der Waals surface area contributed by atoms with E-state index in [0.29, 0.717) is 16.9 Å². The Morgan fingerprint density at radius 2 is 1.81 bits per heavy atom. The van der Waals surface area contributed by atoms with Crippen molar-refractivity contribution in [2.75, 3.05) is 0 Å². The Morgan fingerprint density at radius 1 is 1.12 bits per heavy atom. The maximum atomic E-state index is 9.89. The fraction of sp³-hybridized carbons (Fsp3) is 0.308. The largest absolute Gasteiger partial charge is 0.384 e. The fourth-order valence-corrected chi connectivity index (χ4v) is 1.85. The molecule has 84 valence electrons. The zero-order chi connectivity index (χ0) is 11.7. The maximum absolute atomic E-state index is 9.89. The molecule has 0 aliphatic heterocycles. The quantitative estimate of drug-likeness (QED) is 0.562. The van der Waals surface area contributed by atoms with E-state index in [1.165, 1.54) is 0 Å². The highest BCUT2D eigenvalue weighted by molar-refractivity contribution is 5.73. The molecule has 2 rings (SSSR count). The Hall–Kier alpha value is -1.45. The van der Waals surface area contributed by atoms with Crippen LogP contribution in [0.3, 0.4) is 0 Å². The van der Waals surface area contributed by atoms with Gasteiger partial charge in [-0.15, -0.1) is 0 Å². The Bertz CT molecular complexity index is 456. The van der Waals surface area contributed by atoms with Crippen LogP contribution in [0.5, 0.6) is 5.75 Å². The minimum Gasteiger partial charge on any atom is -0.384 e. The maximum Gasteiger partial charge on any atom is 0.358 e. The molecule has 2 unspecified atom stereocenters. The molecule has 1 aliphatic carbocycles. The zero-order valence-electron chi connectivity index (χ0n) is 9.34. The number of benzene rings is 1. The molecule has 1 aromatic rings. The number of aliphatic hydroxyl groups excluding tert-OH is 2. The van der Waals surface area contributed by atoms with Gasteiger partial charge in [0.1, 0.15) is 6.10 Å². The third-order valence-corrected chi connectivity index (χ3v) is 2.50. The number of ketones is 1. The number of hydrogen-bond acceptors (Lipinski definition) is 2. The first-order valence-corrected chi connectivity index (χ1v) is 5.25. The SMILES string of the molecule is CC(C)=[O+]c1cccc2c1C(O)C=CC2O. The van der Waals surface area contributed by atoms with E-state index >= 15 is 0 Å². The lowest BCUT2D eigenvalue weighted by Crippen LogP contribution is -2.09. The summed E-state index contributed by atoms with van der Waals surface area (Å²) in [6.07, 6.45) is 1.78. The van der Waals surface area contributed by atoms with Crippen molar-refractivity contribution in [2.24, 2.45) is 0 Å². The molecule has 1 aliphatic rings. The summed E-state index contributed by atoms with van der Waals surface area (Å²) in [5, 5.41) is 19.7. The van der Waals surface area contributed by atoms with Crippen molar-refractivity contribution in [3.8, 4) is 5.75 Å². The normalized spacial score (nSPS) is 22.8. The highest BCUT2D eigenvalue weighted by Crippen LogP contribution is 2.37. The number of rotatable bonds is 1. The molecule has 0 heterocycles. The predicted octanol–water partition coefficient (Wildman–Crippen LogP) is 2.18. The second kappa shape index (κ2) is 4.20. The lowest BCUT2D eigenvalue weighted by Gasteiger charge is -2.18. The molecule has 1 aromatic carbocycles. The standard InChI is InChI=1S/C13H15O3/c1-8(2)16-12-5-3-4-9-10(14)6-7-11(15)13(9)12/h3-7,10-11,14-15H,1-2H3/q+1. The first kappa shape index (κ1) is 11.0. The van der Waals surface area contributed by atoms with Gasteiger partial charge in [0.2, 0.25) is 0 Å². The van der Waals surface area contributed by atoms with Crippen LogP contribution in [-0.4, -0.2) is 16.0 Å². The van der Waals surface area contributed by atoms with Crippen molar-refractivity contribution in [1.29, 1.82) is 0 Å². The summed E-state index contributed by atoms with van der Waals surface area (Å²) in [4.78, 5) is 0. The molecule has 0 aromatic heterocycles. The fourth-order valence-electron chi connectivity index (χ4n) is 1.85. The van der Waals surface area contributed by atoms with E-state index in [2.05, 4.69) is 0 Å². The van der Waals surface area contributed by atoms with Gasteiger partial charge in [-0.05, 0) is 5.56 Å². The minimum absolute atomic E-state index is 0.605. The van der Waals surface area contributed by atoms with Crippen LogP contribution < -0.4 is 0 Å². The van der Waals surface area contributed by atoms with Crippen molar-refractivity contribution in [2.45, 2.75) is 26.1 Å². The van der Waals surface area contributed by atoms with E-state index in [1.807, 2.05) is 19.9 Å². The van der Waals surface area contributed by atoms with Gasteiger partial charge in [-0.1, -0.05) is 24.3 Å². The average Bonchev–Trinajstić information content (AvgIpc) is 2.23. The number of aliphatic hydroxyl groups is 2. The minimum atomic E-state index is -0.714. The second-order valence-electron chi connectivity index (χ2n) is 4.04. The molecule has 0 radical (unpaired) electrons. The number of hydrogen-bond donors (Lipinski definition) is 2. The van der Waals surface area contributed by atoms with Gasteiger partial charge in [-0.25, -0.2) is 4.42 Å². The van der Waals surface area contributed by atoms with Crippen LogP contribution in [0.4, 0.5) is 0 Å². The van der Waals surface area contributed by atoms with Crippen LogP contribution in [0.1, 0.15) is 37.2 Å². The Kier molecular flexibility index (Phi) is 2.90. The summed E-state index contributed by atoms with van der Waals surface area (Å²) >= 11 is 0. The summed E-state index contributed by atoms with van der Waals surface area (Å²) in [6.45, 7) is 3.70. The predicted molar refractivity (Wildman–Crippen MR) is 61.3 cm³/mol. The van der Waals surface area contributed by atoms with Crippen LogP contribution in [0, 0.1) is 0 Å². The third-order valence-electron chi connectivity index (χ3n) is 2.50. The van der Waals surface area contributed by atoms with Gasteiger partial charge in [0.25, 0.3) is 0 Å². The molecule has 2 atom stereocenters. The van der Waals surface area contributed by atoms with Crippen LogP contribution in [0.15, 0.2) is 30.4 Å². The summed E-state index contributed by atoms with van der Waals surface area (Å²) in [5.41, 5.74) is 1.35. The molecule has 0 bridgehead atoms. The highest BCUT2D eigenvalue weighted by Gasteiger charge is 2.27. The number of fused-ring (bicyclic) bond motifs is 1. The number of carbonyl (C=O) groups excluding carboxylic acids is 1. The summed E-state index contributed by atoms with van der Waals surface area (Å²) in [6, 6.07) is 5.40. The van der Waals surface area contributed by atoms with Crippen molar-refractivity contribution >= 4 is 5.78 Å². The topological polar surface area (TPSA) is 51.8 Å². The van der Waals surface area contributed by atoms with Gasteiger partial charge in [0, 0.05) is 19.9 Å². The van der Waals surface area contributed by atoms with Gasteiger partial charge in [-0.3, -0.25) is 0 Å². The molecule has 0 saturated carbocycles. The molecular weight excluding hydrogens is 204 g/mol. The lowest BCUT2D eigenvalue weighted by atomic mass is 9.92. The molecular formula is C13H15O3+. The highest BCUT2D eigenvalue weighted by atomic mass is 16.4. The summed E-state index contributed by atoms with van der Waals surface area (Å²) < 4.78 is 5.54.